The molecule has 1 N–H and O–H groups in total. The Morgan fingerprint density at radius 1 is 1.17 bits per heavy atom. The lowest BCUT2D eigenvalue weighted by atomic mass is 10.1. The topological polar surface area (TPSA) is 68.1 Å². The van der Waals surface area contributed by atoms with Crippen molar-refractivity contribution < 1.29 is 19.4 Å². The standard InChI is InChI=1S/C17H15Cl2NO4/c1-23-15-5-11(6-16(24-2)17(15)22)14(21)9-20-8-10-3-4-12(18)7-13(10)19/h3-8,22H,9H2,1-2H3. The van der Waals surface area contributed by atoms with E-state index in [1.165, 1.54) is 32.6 Å². The van der Waals surface area contributed by atoms with Crippen molar-refractivity contribution >= 4 is 35.2 Å². The Kier molecular flexibility index (Phi) is 6.06. The van der Waals surface area contributed by atoms with Crippen molar-refractivity contribution in [2.75, 3.05) is 20.8 Å². The average Bonchev–Trinajstić information content (AvgIpc) is 2.56. The highest BCUT2D eigenvalue weighted by atomic mass is 35.5. The second-order valence-electron chi connectivity index (χ2n) is 4.79. The van der Waals surface area contributed by atoms with Gasteiger partial charge < -0.3 is 14.6 Å². The van der Waals surface area contributed by atoms with Gasteiger partial charge in [0.1, 0.15) is 6.54 Å². The normalized spacial score (nSPS) is 10.8. The second kappa shape index (κ2) is 8.04. The molecule has 126 valence electrons. The average molecular weight is 368 g/mol. The van der Waals surface area contributed by atoms with E-state index in [9.17, 15) is 9.90 Å². The molecule has 2 aromatic rings. The van der Waals surface area contributed by atoms with E-state index in [-0.39, 0.29) is 29.6 Å². The quantitative estimate of drug-likeness (QED) is 0.618. The zero-order valence-corrected chi connectivity index (χ0v) is 14.6. The van der Waals surface area contributed by atoms with E-state index in [1.807, 2.05) is 0 Å². The fraction of sp³-hybridized carbons (Fsp3) is 0.176. The van der Waals surface area contributed by atoms with E-state index in [4.69, 9.17) is 32.7 Å². The third-order valence-electron chi connectivity index (χ3n) is 3.23. The molecule has 7 heteroatoms. The molecule has 0 aliphatic rings. The molecule has 24 heavy (non-hydrogen) atoms. The summed E-state index contributed by atoms with van der Waals surface area (Å²) in [5.41, 5.74) is 0.982. The number of hydrogen-bond donors (Lipinski definition) is 1. The summed E-state index contributed by atoms with van der Waals surface area (Å²) in [6, 6.07) is 7.87. The second-order valence-corrected chi connectivity index (χ2v) is 5.63. The van der Waals surface area contributed by atoms with E-state index in [1.54, 1.807) is 18.2 Å². The summed E-state index contributed by atoms with van der Waals surface area (Å²) in [4.78, 5) is 16.4. The van der Waals surface area contributed by atoms with Gasteiger partial charge >= 0.3 is 0 Å². The number of nitrogens with zero attached hydrogens (tertiary/aromatic N) is 1. The summed E-state index contributed by atoms with van der Waals surface area (Å²) in [6.07, 6.45) is 1.51. The minimum absolute atomic E-state index is 0.0873. The summed E-state index contributed by atoms with van der Waals surface area (Å²) in [5, 5.41) is 10.8. The highest BCUT2D eigenvalue weighted by Crippen LogP contribution is 2.37. The van der Waals surface area contributed by atoms with Crippen LogP contribution < -0.4 is 9.47 Å². The molecule has 0 atom stereocenters. The number of carbonyl (C=O) groups is 1. The molecule has 0 fully saturated rings. The third kappa shape index (κ3) is 4.19. The Bertz CT molecular complexity index is 765. The number of carbonyl (C=O) groups excluding carboxylic acids is 1. The van der Waals surface area contributed by atoms with E-state index in [0.29, 0.717) is 21.2 Å². The number of aromatic hydroxyl groups is 1. The minimum Gasteiger partial charge on any atom is -0.502 e. The van der Waals surface area contributed by atoms with Gasteiger partial charge in [-0.2, -0.15) is 0 Å². The van der Waals surface area contributed by atoms with Crippen LogP contribution in [0.3, 0.4) is 0 Å². The Hall–Kier alpha value is -2.24. The first kappa shape index (κ1) is 18.1. The van der Waals surface area contributed by atoms with Gasteiger partial charge in [0.15, 0.2) is 17.3 Å². The Morgan fingerprint density at radius 2 is 1.79 bits per heavy atom. The number of methoxy groups -OCH3 is 2. The number of phenols is 1. The van der Waals surface area contributed by atoms with Crippen molar-refractivity contribution in [3.63, 3.8) is 0 Å². The monoisotopic (exact) mass is 367 g/mol. The summed E-state index contributed by atoms with van der Waals surface area (Å²) < 4.78 is 10.1. The van der Waals surface area contributed by atoms with Crippen molar-refractivity contribution in [3.05, 3.63) is 51.5 Å². The molecule has 0 amide bonds. The van der Waals surface area contributed by atoms with Gasteiger partial charge in [-0.25, -0.2) is 0 Å². The number of phenolic OH excluding ortho intramolecular Hbond substituents is 1. The molecular weight excluding hydrogens is 353 g/mol. The van der Waals surface area contributed by atoms with Crippen LogP contribution in [0.5, 0.6) is 17.2 Å². The smallest absolute Gasteiger partial charge is 0.200 e. The number of hydrogen-bond acceptors (Lipinski definition) is 5. The lowest BCUT2D eigenvalue weighted by Crippen LogP contribution is -2.05. The number of benzene rings is 2. The number of ether oxygens (including phenoxy) is 2. The van der Waals surface area contributed by atoms with Gasteiger partial charge in [0.2, 0.25) is 5.75 Å². The molecule has 0 radical (unpaired) electrons. The maximum atomic E-state index is 12.3. The summed E-state index contributed by atoms with van der Waals surface area (Å²) in [7, 11) is 2.78. The number of rotatable bonds is 6. The lowest BCUT2D eigenvalue weighted by Gasteiger charge is -2.10. The first-order chi connectivity index (χ1) is 11.5. The predicted molar refractivity (Wildman–Crippen MR) is 94.5 cm³/mol. The molecular formula is C17H15Cl2NO4. The van der Waals surface area contributed by atoms with E-state index in [0.717, 1.165) is 0 Å². The zero-order chi connectivity index (χ0) is 17.7. The third-order valence-corrected chi connectivity index (χ3v) is 3.79. The minimum atomic E-state index is -0.257. The van der Waals surface area contributed by atoms with Crippen LogP contribution in [0.15, 0.2) is 35.3 Å². The predicted octanol–water partition coefficient (Wildman–Crippen LogP) is 4.02. The number of aliphatic imine (C=N–C) groups is 1. The molecule has 2 rings (SSSR count). The fourth-order valence-corrected chi connectivity index (χ4v) is 2.44. The van der Waals surface area contributed by atoms with Crippen molar-refractivity contribution in [2.24, 2.45) is 4.99 Å². The SMILES string of the molecule is COc1cc(C(=O)CN=Cc2ccc(Cl)cc2Cl)cc(OC)c1O. The van der Waals surface area contributed by atoms with Crippen LogP contribution in [0.4, 0.5) is 0 Å². The molecule has 0 saturated heterocycles. The highest BCUT2D eigenvalue weighted by molar-refractivity contribution is 6.36. The highest BCUT2D eigenvalue weighted by Gasteiger charge is 2.15. The molecule has 0 aromatic heterocycles. The Labute approximate surface area is 149 Å². The van der Waals surface area contributed by atoms with Gasteiger partial charge in [-0.05, 0) is 24.3 Å². The Balaban J connectivity index is 2.16. The molecule has 0 spiro atoms. The molecule has 0 saturated carbocycles. The van der Waals surface area contributed by atoms with Gasteiger partial charge in [-0.15, -0.1) is 0 Å². The summed E-state index contributed by atoms with van der Waals surface area (Å²) in [6.45, 7) is -0.0873. The molecule has 5 nitrogen and oxygen atoms in total. The lowest BCUT2D eigenvalue weighted by molar-refractivity contribution is 0.100. The largest absolute Gasteiger partial charge is 0.502 e. The van der Waals surface area contributed by atoms with Gasteiger partial charge in [0.05, 0.1) is 19.2 Å². The van der Waals surface area contributed by atoms with Crippen LogP contribution in [-0.4, -0.2) is 37.9 Å². The number of ketones is 1. The molecule has 0 bridgehead atoms. The van der Waals surface area contributed by atoms with Crippen molar-refractivity contribution in [2.45, 2.75) is 0 Å². The maximum Gasteiger partial charge on any atom is 0.200 e. The van der Waals surface area contributed by atoms with Crippen LogP contribution in [0.2, 0.25) is 10.0 Å². The van der Waals surface area contributed by atoms with E-state index < -0.39 is 0 Å². The van der Waals surface area contributed by atoms with Crippen LogP contribution in [0.1, 0.15) is 15.9 Å². The number of halogens is 2. The van der Waals surface area contributed by atoms with E-state index >= 15 is 0 Å². The van der Waals surface area contributed by atoms with Crippen molar-refractivity contribution in [3.8, 4) is 17.2 Å². The van der Waals surface area contributed by atoms with Gasteiger partial charge in [-0.1, -0.05) is 29.3 Å². The van der Waals surface area contributed by atoms with Gasteiger partial charge in [0, 0.05) is 22.4 Å². The molecule has 0 aliphatic heterocycles. The van der Waals surface area contributed by atoms with Crippen LogP contribution in [0, 0.1) is 0 Å². The van der Waals surface area contributed by atoms with Gasteiger partial charge in [-0.3, -0.25) is 9.79 Å². The molecule has 2 aromatic carbocycles. The van der Waals surface area contributed by atoms with Crippen LogP contribution in [0.25, 0.3) is 0 Å². The zero-order valence-electron chi connectivity index (χ0n) is 13.0. The van der Waals surface area contributed by atoms with Crippen LogP contribution in [-0.2, 0) is 0 Å². The van der Waals surface area contributed by atoms with Crippen LogP contribution >= 0.6 is 23.2 Å². The van der Waals surface area contributed by atoms with Crippen molar-refractivity contribution in [1.82, 2.24) is 0 Å². The Morgan fingerprint density at radius 3 is 2.33 bits per heavy atom. The molecule has 0 aliphatic carbocycles. The fourth-order valence-electron chi connectivity index (χ4n) is 1.98. The maximum absolute atomic E-state index is 12.3. The first-order valence-corrected chi connectivity index (χ1v) is 7.65. The first-order valence-electron chi connectivity index (χ1n) is 6.89. The summed E-state index contributed by atoms with van der Waals surface area (Å²) >= 11 is 11.9. The molecule has 0 heterocycles. The molecule has 0 unspecified atom stereocenters. The van der Waals surface area contributed by atoms with Gasteiger partial charge in [0.25, 0.3) is 0 Å². The van der Waals surface area contributed by atoms with E-state index in [2.05, 4.69) is 4.99 Å². The summed E-state index contributed by atoms with van der Waals surface area (Å²) in [5.74, 6) is -0.106. The number of Topliss-reactive ketones (excluding diaryl/α,β-unsaturated/α-hetero) is 1. The van der Waals surface area contributed by atoms with Crippen molar-refractivity contribution in [1.29, 1.82) is 0 Å².